The van der Waals surface area contributed by atoms with Crippen LogP contribution in [0.4, 0.5) is 0 Å². The van der Waals surface area contributed by atoms with Gasteiger partial charge in [0, 0.05) is 0 Å². The highest BCUT2D eigenvalue weighted by atomic mass is 16.5. The predicted molar refractivity (Wildman–Crippen MR) is 54.8 cm³/mol. The maximum Gasteiger partial charge on any atom is 0.119 e. The zero-order valence-corrected chi connectivity index (χ0v) is 7.71. The van der Waals surface area contributed by atoms with E-state index >= 15 is 0 Å². The van der Waals surface area contributed by atoms with Crippen LogP contribution in [-0.2, 0) is 0 Å². The molecule has 4 heteroatoms. The van der Waals surface area contributed by atoms with Gasteiger partial charge in [0.1, 0.15) is 13.6 Å². The van der Waals surface area contributed by atoms with Crippen molar-refractivity contribution in [3.05, 3.63) is 24.3 Å². The molecule has 3 nitrogen and oxygen atoms in total. The smallest absolute Gasteiger partial charge is 0.119 e. The van der Waals surface area contributed by atoms with Gasteiger partial charge < -0.3 is 15.7 Å². The lowest BCUT2D eigenvalue weighted by atomic mass is 9.95. The molecule has 0 unspecified atom stereocenters. The summed E-state index contributed by atoms with van der Waals surface area (Å²) >= 11 is 0. The third-order valence-electron chi connectivity index (χ3n) is 1.38. The molecule has 0 fully saturated rings. The van der Waals surface area contributed by atoms with E-state index in [1.165, 1.54) is 0 Å². The van der Waals surface area contributed by atoms with Crippen LogP contribution in [0.2, 0.25) is 0 Å². The molecule has 1 aromatic carbocycles. The van der Waals surface area contributed by atoms with E-state index in [2.05, 4.69) is 6.92 Å². The highest BCUT2D eigenvalue weighted by molar-refractivity contribution is 6.34. The Bertz CT molecular complexity index is 228. The fourth-order valence-corrected chi connectivity index (χ4v) is 0.824. The second kappa shape index (κ2) is 7.64. The van der Waals surface area contributed by atoms with Gasteiger partial charge in [-0.15, -0.1) is 0 Å². The number of ether oxygens (including phenoxy) is 1. The highest BCUT2D eigenvalue weighted by Gasteiger charge is 1.93. The van der Waals surface area contributed by atoms with Crippen molar-refractivity contribution < 1.29 is 15.7 Å². The first-order valence-electron chi connectivity index (χ1n) is 3.82. The summed E-state index contributed by atoms with van der Waals surface area (Å²) in [6.45, 7) is 2.80. The molecule has 2 radical (unpaired) electrons. The van der Waals surface area contributed by atoms with Gasteiger partial charge in [0.05, 0.1) is 6.61 Å². The molecule has 0 saturated heterocycles. The summed E-state index contributed by atoms with van der Waals surface area (Å²) in [6.07, 6.45) is 1.01. The Morgan fingerprint density at radius 3 is 2.38 bits per heavy atom. The molecule has 1 rings (SSSR count). The minimum absolute atomic E-state index is 0. The molecule has 0 aliphatic heterocycles. The monoisotopic (exact) mass is 182 g/mol. The number of rotatable bonds is 3. The van der Waals surface area contributed by atoms with Gasteiger partial charge >= 0.3 is 0 Å². The van der Waals surface area contributed by atoms with Gasteiger partial charge in [-0.25, -0.2) is 0 Å². The molecular formula is C9H15BO3. The minimum Gasteiger partial charge on any atom is -0.494 e. The van der Waals surface area contributed by atoms with Gasteiger partial charge in [0.2, 0.25) is 0 Å². The molecule has 0 amide bonds. The van der Waals surface area contributed by atoms with Gasteiger partial charge in [-0.2, -0.15) is 0 Å². The van der Waals surface area contributed by atoms with Crippen molar-refractivity contribution in [3.63, 3.8) is 0 Å². The van der Waals surface area contributed by atoms with Crippen LogP contribution >= 0.6 is 0 Å². The normalized spacial score (nSPS) is 8.08. The maximum absolute atomic E-state index is 5.64. The molecule has 13 heavy (non-hydrogen) atoms. The fourth-order valence-electron chi connectivity index (χ4n) is 0.824. The Hall–Kier alpha value is -0.995. The van der Waals surface area contributed by atoms with Crippen molar-refractivity contribution in [3.8, 4) is 5.75 Å². The van der Waals surface area contributed by atoms with Gasteiger partial charge in [0.15, 0.2) is 0 Å². The molecule has 0 aliphatic rings. The molecule has 0 saturated carbocycles. The molecule has 72 valence electrons. The summed E-state index contributed by atoms with van der Waals surface area (Å²) in [4.78, 5) is 0. The standard InChI is InChI=1S/C9H11BO.2H2O/c1-2-7-11-9-6-4-3-5-8(9)10;;/h3-6H,2,7H2,1H3;2*1H2. The summed E-state index contributed by atoms with van der Waals surface area (Å²) in [5.74, 6) is 0.786. The minimum atomic E-state index is 0. The van der Waals surface area contributed by atoms with Gasteiger partial charge in [0.25, 0.3) is 0 Å². The van der Waals surface area contributed by atoms with Gasteiger partial charge in [-0.1, -0.05) is 30.6 Å². The number of para-hydroxylation sites is 1. The molecule has 0 spiro atoms. The summed E-state index contributed by atoms with van der Waals surface area (Å²) in [6, 6.07) is 7.53. The van der Waals surface area contributed by atoms with Crippen LogP contribution in [0.15, 0.2) is 24.3 Å². The maximum atomic E-state index is 5.64. The van der Waals surface area contributed by atoms with Crippen LogP contribution in [0.5, 0.6) is 5.75 Å². The van der Waals surface area contributed by atoms with E-state index in [1.807, 2.05) is 24.3 Å². The number of hydrogen-bond acceptors (Lipinski definition) is 1. The summed E-state index contributed by atoms with van der Waals surface area (Å²) in [5.41, 5.74) is 0.709. The van der Waals surface area contributed by atoms with Crippen molar-refractivity contribution >= 4 is 13.3 Å². The molecular weight excluding hydrogens is 167 g/mol. The predicted octanol–water partition coefficient (Wildman–Crippen LogP) is -0.380. The SMILES string of the molecule is O.O.[B]c1ccccc1OCCC. The van der Waals surface area contributed by atoms with Crippen molar-refractivity contribution in [1.29, 1.82) is 0 Å². The van der Waals surface area contributed by atoms with Crippen LogP contribution in [0.25, 0.3) is 0 Å². The third kappa shape index (κ3) is 4.55. The van der Waals surface area contributed by atoms with E-state index in [0.29, 0.717) is 5.46 Å². The van der Waals surface area contributed by atoms with Crippen LogP contribution in [0.3, 0.4) is 0 Å². The summed E-state index contributed by atoms with van der Waals surface area (Å²) in [5, 5.41) is 0. The second-order valence-electron chi connectivity index (χ2n) is 2.39. The first-order valence-corrected chi connectivity index (χ1v) is 3.82. The first kappa shape index (κ1) is 14.5. The molecule has 0 aromatic heterocycles. The van der Waals surface area contributed by atoms with Gasteiger partial charge in [-0.3, -0.25) is 0 Å². The molecule has 1 aromatic rings. The lowest BCUT2D eigenvalue weighted by Gasteiger charge is -2.06. The van der Waals surface area contributed by atoms with Gasteiger partial charge in [-0.05, 0) is 12.5 Å². The molecule has 0 heterocycles. The Kier molecular flexibility index (Phi) is 8.54. The molecule has 4 N–H and O–H groups in total. The van der Waals surface area contributed by atoms with Crippen molar-refractivity contribution in [2.45, 2.75) is 13.3 Å². The topological polar surface area (TPSA) is 72.2 Å². The van der Waals surface area contributed by atoms with Crippen molar-refractivity contribution in [2.75, 3.05) is 6.61 Å². The van der Waals surface area contributed by atoms with E-state index in [9.17, 15) is 0 Å². The van der Waals surface area contributed by atoms with E-state index in [0.717, 1.165) is 18.8 Å². The zero-order valence-electron chi connectivity index (χ0n) is 7.71. The lowest BCUT2D eigenvalue weighted by molar-refractivity contribution is 0.320. The van der Waals surface area contributed by atoms with E-state index < -0.39 is 0 Å². The number of benzene rings is 1. The van der Waals surface area contributed by atoms with Crippen LogP contribution in [0, 0.1) is 0 Å². The quantitative estimate of drug-likeness (QED) is 0.587. The summed E-state index contributed by atoms with van der Waals surface area (Å²) in [7, 11) is 5.64. The summed E-state index contributed by atoms with van der Waals surface area (Å²) < 4.78 is 5.36. The van der Waals surface area contributed by atoms with E-state index in [1.54, 1.807) is 0 Å². The molecule has 0 aliphatic carbocycles. The number of hydrogen-bond donors (Lipinski definition) is 0. The second-order valence-corrected chi connectivity index (χ2v) is 2.39. The van der Waals surface area contributed by atoms with Crippen LogP contribution in [-0.4, -0.2) is 25.4 Å². The average molecular weight is 182 g/mol. The average Bonchev–Trinajstić information content (AvgIpc) is 2.03. The zero-order chi connectivity index (χ0) is 8.10. The molecule has 0 bridgehead atoms. The Balaban J connectivity index is 0. The van der Waals surface area contributed by atoms with Crippen molar-refractivity contribution in [2.24, 2.45) is 0 Å². The first-order chi connectivity index (χ1) is 5.34. The lowest BCUT2D eigenvalue weighted by Crippen LogP contribution is -2.08. The van der Waals surface area contributed by atoms with Crippen LogP contribution in [0.1, 0.15) is 13.3 Å². The van der Waals surface area contributed by atoms with Crippen molar-refractivity contribution in [1.82, 2.24) is 0 Å². The van der Waals surface area contributed by atoms with Crippen LogP contribution < -0.4 is 10.2 Å². The highest BCUT2D eigenvalue weighted by Crippen LogP contribution is 2.04. The third-order valence-corrected chi connectivity index (χ3v) is 1.38. The molecule has 0 atom stereocenters. The van der Waals surface area contributed by atoms with E-state index in [4.69, 9.17) is 12.6 Å². The Morgan fingerprint density at radius 1 is 1.23 bits per heavy atom. The largest absolute Gasteiger partial charge is 0.494 e. The van der Waals surface area contributed by atoms with E-state index in [-0.39, 0.29) is 11.0 Å². The fraction of sp³-hybridized carbons (Fsp3) is 0.333. The Morgan fingerprint density at radius 2 is 1.85 bits per heavy atom. The Labute approximate surface area is 79.8 Å².